The van der Waals surface area contributed by atoms with Gasteiger partial charge in [-0.25, -0.2) is 0 Å². The topological polar surface area (TPSA) is 46.3 Å². The third kappa shape index (κ3) is 2.49. The molecule has 2 aliphatic carbocycles. The van der Waals surface area contributed by atoms with Crippen molar-refractivity contribution >= 4 is 5.91 Å². The summed E-state index contributed by atoms with van der Waals surface area (Å²) in [6.45, 7) is 5.48. The Bertz CT molecular complexity index is 366. The predicted octanol–water partition coefficient (Wildman–Crippen LogP) is 2.79. The van der Waals surface area contributed by atoms with E-state index >= 15 is 0 Å². The summed E-state index contributed by atoms with van der Waals surface area (Å²) in [6.07, 6.45) is 8.49. The number of nitrogens with two attached hydrogens (primary N) is 1. The molecule has 3 nitrogen and oxygen atoms in total. The fourth-order valence-corrected chi connectivity index (χ4v) is 4.92. The van der Waals surface area contributed by atoms with E-state index in [1.54, 1.807) is 0 Å². The Morgan fingerprint density at radius 3 is 2.60 bits per heavy atom. The second kappa shape index (κ2) is 5.67. The Balaban J connectivity index is 1.69. The van der Waals surface area contributed by atoms with E-state index in [0.29, 0.717) is 23.8 Å². The van der Waals surface area contributed by atoms with Crippen LogP contribution in [0, 0.1) is 23.7 Å². The fourth-order valence-electron chi connectivity index (χ4n) is 4.92. The summed E-state index contributed by atoms with van der Waals surface area (Å²) in [6, 6.07) is 0.768. The minimum Gasteiger partial charge on any atom is -0.339 e. The number of fused-ring (bicyclic) bond motifs is 1. The van der Waals surface area contributed by atoms with E-state index in [4.69, 9.17) is 5.73 Å². The molecule has 1 saturated heterocycles. The van der Waals surface area contributed by atoms with Crippen molar-refractivity contribution in [2.75, 3.05) is 6.54 Å². The van der Waals surface area contributed by atoms with Gasteiger partial charge in [-0.15, -0.1) is 0 Å². The smallest absolute Gasteiger partial charge is 0.226 e. The van der Waals surface area contributed by atoms with Crippen LogP contribution in [0.25, 0.3) is 0 Å². The molecule has 1 heterocycles. The molecule has 0 radical (unpaired) electrons. The third-order valence-electron chi connectivity index (χ3n) is 6.30. The van der Waals surface area contributed by atoms with E-state index in [1.165, 1.54) is 32.1 Å². The Morgan fingerprint density at radius 1 is 1.05 bits per heavy atom. The summed E-state index contributed by atoms with van der Waals surface area (Å²) in [5.41, 5.74) is 6.23. The van der Waals surface area contributed by atoms with Crippen LogP contribution in [-0.4, -0.2) is 29.4 Å². The van der Waals surface area contributed by atoms with E-state index < -0.39 is 0 Å². The van der Waals surface area contributed by atoms with Crippen LogP contribution < -0.4 is 5.73 Å². The van der Waals surface area contributed by atoms with Gasteiger partial charge in [0.25, 0.3) is 0 Å². The van der Waals surface area contributed by atoms with Crippen LogP contribution >= 0.6 is 0 Å². The molecular formula is C17H30N2O. The number of carbonyl (C=O) groups is 1. The molecule has 114 valence electrons. The highest BCUT2D eigenvalue weighted by atomic mass is 16.2. The highest BCUT2D eigenvalue weighted by molar-refractivity contribution is 5.80. The molecule has 3 heteroatoms. The van der Waals surface area contributed by atoms with Crippen molar-refractivity contribution in [3.63, 3.8) is 0 Å². The molecule has 0 aromatic heterocycles. The minimum atomic E-state index is 0.182. The molecule has 2 saturated carbocycles. The van der Waals surface area contributed by atoms with Crippen molar-refractivity contribution in [2.24, 2.45) is 29.4 Å². The number of hydrogen-bond acceptors (Lipinski definition) is 2. The maximum Gasteiger partial charge on any atom is 0.226 e. The van der Waals surface area contributed by atoms with E-state index in [9.17, 15) is 4.79 Å². The van der Waals surface area contributed by atoms with Gasteiger partial charge in [0.1, 0.15) is 0 Å². The zero-order valence-electron chi connectivity index (χ0n) is 13.1. The third-order valence-corrected chi connectivity index (χ3v) is 6.30. The van der Waals surface area contributed by atoms with Gasteiger partial charge < -0.3 is 10.6 Å². The molecule has 6 unspecified atom stereocenters. The lowest BCUT2D eigenvalue weighted by Gasteiger charge is -2.40. The normalized spacial score (nSPS) is 45.2. The van der Waals surface area contributed by atoms with Crippen molar-refractivity contribution in [3.05, 3.63) is 0 Å². The van der Waals surface area contributed by atoms with Crippen molar-refractivity contribution < 1.29 is 4.79 Å². The number of amides is 1. The highest BCUT2D eigenvalue weighted by Crippen LogP contribution is 2.40. The van der Waals surface area contributed by atoms with Crippen LogP contribution in [0.15, 0.2) is 0 Å². The Morgan fingerprint density at radius 2 is 1.80 bits per heavy atom. The lowest BCUT2D eigenvalue weighted by Crippen LogP contribution is -2.48. The SMILES string of the molecule is CC1CC(C)C(C(=O)N2CCC3CCCCC32)CC1N. The minimum absolute atomic E-state index is 0.182. The van der Waals surface area contributed by atoms with Crippen LogP contribution in [0.4, 0.5) is 0 Å². The molecule has 1 aliphatic heterocycles. The van der Waals surface area contributed by atoms with Gasteiger partial charge in [-0.05, 0) is 49.9 Å². The first-order chi connectivity index (χ1) is 9.58. The number of rotatable bonds is 1. The molecule has 0 aromatic carbocycles. The standard InChI is InChI=1S/C17H30N2O/c1-11-9-12(2)15(18)10-14(11)17(20)19-8-7-13-5-3-4-6-16(13)19/h11-16H,3-10,18H2,1-2H3. The van der Waals surface area contributed by atoms with Gasteiger partial charge >= 0.3 is 0 Å². The van der Waals surface area contributed by atoms with Gasteiger partial charge in [-0.1, -0.05) is 26.7 Å². The summed E-state index contributed by atoms with van der Waals surface area (Å²) in [5, 5.41) is 0. The van der Waals surface area contributed by atoms with Gasteiger partial charge in [0.15, 0.2) is 0 Å². The van der Waals surface area contributed by atoms with Crippen LogP contribution in [-0.2, 0) is 4.79 Å². The van der Waals surface area contributed by atoms with Crippen molar-refractivity contribution in [1.29, 1.82) is 0 Å². The molecule has 0 aromatic rings. The summed E-state index contributed by atoms with van der Waals surface area (Å²) in [7, 11) is 0. The monoisotopic (exact) mass is 278 g/mol. The molecule has 3 aliphatic rings. The van der Waals surface area contributed by atoms with Gasteiger partial charge in [0.05, 0.1) is 0 Å². The van der Waals surface area contributed by atoms with E-state index in [1.807, 2.05) is 0 Å². The number of likely N-dealkylation sites (tertiary alicyclic amines) is 1. The number of carbonyl (C=O) groups excluding carboxylic acids is 1. The van der Waals surface area contributed by atoms with E-state index in [2.05, 4.69) is 18.7 Å². The van der Waals surface area contributed by atoms with Crippen LogP contribution in [0.3, 0.4) is 0 Å². The molecule has 1 amide bonds. The largest absolute Gasteiger partial charge is 0.339 e. The molecule has 6 atom stereocenters. The second-order valence-corrected chi connectivity index (χ2v) is 7.63. The molecule has 3 fully saturated rings. The maximum atomic E-state index is 13.0. The Hall–Kier alpha value is -0.570. The molecule has 0 spiro atoms. The fraction of sp³-hybridized carbons (Fsp3) is 0.941. The quantitative estimate of drug-likeness (QED) is 0.801. The lowest BCUT2D eigenvalue weighted by atomic mass is 9.72. The first-order valence-electron chi connectivity index (χ1n) is 8.64. The van der Waals surface area contributed by atoms with Gasteiger partial charge in [-0.3, -0.25) is 4.79 Å². The maximum absolute atomic E-state index is 13.0. The zero-order chi connectivity index (χ0) is 14.3. The molecule has 20 heavy (non-hydrogen) atoms. The van der Waals surface area contributed by atoms with Gasteiger partial charge in [-0.2, -0.15) is 0 Å². The Kier molecular flexibility index (Phi) is 4.07. The van der Waals surface area contributed by atoms with Crippen molar-refractivity contribution in [1.82, 2.24) is 4.90 Å². The van der Waals surface area contributed by atoms with Crippen LogP contribution in [0.1, 0.15) is 58.8 Å². The van der Waals surface area contributed by atoms with Gasteiger partial charge in [0, 0.05) is 24.5 Å². The van der Waals surface area contributed by atoms with E-state index in [0.717, 1.165) is 25.3 Å². The first-order valence-corrected chi connectivity index (χ1v) is 8.64. The average molecular weight is 278 g/mol. The number of hydrogen-bond donors (Lipinski definition) is 1. The Labute approximate surface area is 123 Å². The molecular weight excluding hydrogens is 248 g/mol. The lowest BCUT2D eigenvalue weighted by molar-refractivity contribution is -0.140. The summed E-state index contributed by atoms with van der Waals surface area (Å²) in [4.78, 5) is 15.2. The van der Waals surface area contributed by atoms with Crippen molar-refractivity contribution in [3.8, 4) is 0 Å². The number of nitrogens with zero attached hydrogens (tertiary/aromatic N) is 1. The predicted molar refractivity (Wildman–Crippen MR) is 81.1 cm³/mol. The molecule has 0 bridgehead atoms. The first kappa shape index (κ1) is 14.4. The van der Waals surface area contributed by atoms with Crippen LogP contribution in [0.5, 0.6) is 0 Å². The highest BCUT2D eigenvalue weighted by Gasteiger charge is 2.43. The summed E-state index contributed by atoms with van der Waals surface area (Å²) in [5.74, 6) is 2.46. The summed E-state index contributed by atoms with van der Waals surface area (Å²) < 4.78 is 0. The van der Waals surface area contributed by atoms with Crippen molar-refractivity contribution in [2.45, 2.75) is 70.9 Å². The van der Waals surface area contributed by atoms with E-state index in [-0.39, 0.29) is 12.0 Å². The second-order valence-electron chi connectivity index (χ2n) is 7.63. The van der Waals surface area contributed by atoms with Crippen LogP contribution in [0.2, 0.25) is 0 Å². The molecule has 2 N–H and O–H groups in total. The van der Waals surface area contributed by atoms with Gasteiger partial charge in [0.2, 0.25) is 5.91 Å². The average Bonchev–Trinajstić information content (AvgIpc) is 2.86. The molecule has 3 rings (SSSR count). The zero-order valence-corrected chi connectivity index (χ0v) is 13.1. The summed E-state index contributed by atoms with van der Waals surface area (Å²) >= 11 is 0.